The fraction of sp³-hybridized carbons (Fsp3) is 0.364. The Hall–Kier alpha value is -2.55. The van der Waals surface area contributed by atoms with Crippen LogP contribution in [0.2, 0.25) is 5.02 Å². The van der Waals surface area contributed by atoms with Gasteiger partial charge in [-0.05, 0) is 48.7 Å². The molecule has 0 aliphatic carbocycles. The summed E-state index contributed by atoms with van der Waals surface area (Å²) >= 11 is 5.93. The number of urea groups is 1. The van der Waals surface area contributed by atoms with Gasteiger partial charge in [-0.2, -0.15) is 5.26 Å². The number of nitrogens with zero attached hydrogens (tertiary/aromatic N) is 3. The van der Waals surface area contributed by atoms with Gasteiger partial charge < -0.3 is 10.2 Å². The number of hydrogen-bond acceptors (Lipinski definition) is 3. The van der Waals surface area contributed by atoms with Gasteiger partial charge in [-0.3, -0.25) is 4.90 Å². The molecule has 0 spiro atoms. The number of rotatable bonds is 4. The molecule has 0 radical (unpaired) electrons. The molecular formula is C22H25ClN4O. The molecule has 2 aromatic rings. The highest BCUT2D eigenvalue weighted by Gasteiger charge is 2.20. The number of nitrogens with one attached hydrogen (secondary N) is 1. The fourth-order valence-corrected chi connectivity index (χ4v) is 3.51. The lowest BCUT2D eigenvalue weighted by molar-refractivity contribution is 0.194. The van der Waals surface area contributed by atoms with Crippen molar-refractivity contribution in [3.63, 3.8) is 0 Å². The standard InChI is InChI=1S/C22H25ClN4O/c1-17(20-7-9-21(23)10-8-20)25-22(28)27-12-2-11-26(13-14-27)16-19-5-3-18(15-24)4-6-19/h3-10,17H,2,11-14,16H2,1H3,(H,25,28). The largest absolute Gasteiger partial charge is 0.331 e. The highest BCUT2D eigenvalue weighted by Crippen LogP contribution is 2.17. The second-order valence-electron chi connectivity index (χ2n) is 7.15. The van der Waals surface area contributed by atoms with E-state index in [2.05, 4.69) is 16.3 Å². The van der Waals surface area contributed by atoms with Gasteiger partial charge in [-0.15, -0.1) is 0 Å². The van der Waals surface area contributed by atoms with Gasteiger partial charge in [-0.25, -0.2) is 4.79 Å². The summed E-state index contributed by atoms with van der Waals surface area (Å²) in [4.78, 5) is 16.9. The van der Waals surface area contributed by atoms with Gasteiger partial charge in [0.2, 0.25) is 0 Å². The number of hydrogen-bond donors (Lipinski definition) is 1. The summed E-state index contributed by atoms with van der Waals surface area (Å²) in [5.41, 5.74) is 2.90. The Morgan fingerprint density at radius 2 is 1.82 bits per heavy atom. The van der Waals surface area contributed by atoms with Gasteiger partial charge in [0.1, 0.15) is 0 Å². The maximum Gasteiger partial charge on any atom is 0.317 e. The average Bonchev–Trinajstić information content (AvgIpc) is 2.94. The van der Waals surface area contributed by atoms with Crippen LogP contribution < -0.4 is 5.32 Å². The molecule has 0 bridgehead atoms. The molecule has 0 aromatic heterocycles. The van der Waals surface area contributed by atoms with Gasteiger partial charge in [0.05, 0.1) is 17.7 Å². The molecular weight excluding hydrogens is 372 g/mol. The molecule has 1 unspecified atom stereocenters. The third-order valence-corrected chi connectivity index (χ3v) is 5.33. The van der Waals surface area contributed by atoms with Crippen LogP contribution in [0.25, 0.3) is 0 Å². The zero-order chi connectivity index (χ0) is 19.9. The molecule has 28 heavy (non-hydrogen) atoms. The van der Waals surface area contributed by atoms with E-state index >= 15 is 0 Å². The highest BCUT2D eigenvalue weighted by molar-refractivity contribution is 6.30. The van der Waals surface area contributed by atoms with Crippen molar-refractivity contribution < 1.29 is 4.79 Å². The molecule has 2 amide bonds. The molecule has 3 rings (SSSR count). The monoisotopic (exact) mass is 396 g/mol. The first-order valence-electron chi connectivity index (χ1n) is 9.57. The molecule has 1 aliphatic rings. The second kappa shape index (κ2) is 9.59. The van der Waals surface area contributed by atoms with Crippen molar-refractivity contribution >= 4 is 17.6 Å². The Bertz CT molecular complexity index is 829. The van der Waals surface area contributed by atoms with E-state index in [0.717, 1.165) is 38.2 Å². The minimum Gasteiger partial charge on any atom is -0.331 e. The Morgan fingerprint density at radius 1 is 1.11 bits per heavy atom. The number of benzene rings is 2. The van der Waals surface area contributed by atoms with Crippen LogP contribution in [0.15, 0.2) is 48.5 Å². The maximum atomic E-state index is 12.7. The van der Waals surface area contributed by atoms with Crippen molar-refractivity contribution in [2.45, 2.75) is 25.9 Å². The lowest BCUT2D eigenvalue weighted by atomic mass is 10.1. The molecule has 146 valence electrons. The van der Waals surface area contributed by atoms with Gasteiger partial charge in [0.15, 0.2) is 0 Å². The number of nitriles is 1. The third-order valence-electron chi connectivity index (χ3n) is 5.07. The van der Waals surface area contributed by atoms with Gasteiger partial charge in [0, 0.05) is 37.7 Å². The van der Waals surface area contributed by atoms with Crippen LogP contribution in [0, 0.1) is 11.3 Å². The molecule has 1 aliphatic heterocycles. The van der Waals surface area contributed by atoms with Crippen molar-refractivity contribution in [3.8, 4) is 6.07 Å². The van der Waals surface area contributed by atoms with Gasteiger partial charge >= 0.3 is 6.03 Å². The predicted molar refractivity (Wildman–Crippen MR) is 111 cm³/mol. The highest BCUT2D eigenvalue weighted by atomic mass is 35.5. The zero-order valence-electron chi connectivity index (χ0n) is 16.1. The summed E-state index contributed by atoms with van der Waals surface area (Å²) in [6, 6.07) is 17.3. The van der Waals surface area contributed by atoms with Crippen molar-refractivity contribution in [2.75, 3.05) is 26.2 Å². The molecule has 2 aromatic carbocycles. The summed E-state index contributed by atoms with van der Waals surface area (Å²) in [6.07, 6.45) is 0.943. The molecule has 5 nitrogen and oxygen atoms in total. The fourth-order valence-electron chi connectivity index (χ4n) is 3.39. The summed E-state index contributed by atoms with van der Waals surface area (Å²) in [5, 5.41) is 12.7. The minimum absolute atomic E-state index is 0.0253. The predicted octanol–water partition coefficient (Wildman–Crippen LogP) is 4.19. The minimum atomic E-state index is -0.0669. The summed E-state index contributed by atoms with van der Waals surface area (Å²) < 4.78 is 0. The normalized spacial score (nSPS) is 16.1. The third kappa shape index (κ3) is 5.48. The molecule has 1 atom stereocenters. The lowest BCUT2D eigenvalue weighted by Crippen LogP contribution is -2.42. The molecule has 1 heterocycles. The molecule has 0 saturated carbocycles. The van der Waals surface area contributed by atoms with E-state index in [1.165, 1.54) is 5.56 Å². The Labute approximate surface area is 171 Å². The average molecular weight is 397 g/mol. The first-order valence-corrected chi connectivity index (χ1v) is 9.95. The number of amides is 2. The van der Waals surface area contributed by atoms with E-state index in [1.807, 2.05) is 60.4 Å². The van der Waals surface area contributed by atoms with Crippen LogP contribution in [-0.4, -0.2) is 42.0 Å². The molecule has 1 N–H and O–H groups in total. The van der Waals surface area contributed by atoms with E-state index in [1.54, 1.807) is 0 Å². The molecule has 1 fully saturated rings. The summed E-state index contributed by atoms with van der Waals surface area (Å²) in [6.45, 7) is 6.07. The van der Waals surface area contributed by atoms with E-state index < -0.39 is 0 Å². The van der Waals surface area contributed by atoms with Crippen LogP contribution in [0.3, 0.4) is 0 Å². The van der Waals surface area contributed by atoms with Crippen molar-refractivity contribution in [1.82, 2.24) is 15.1 Å². The van der Waals surface area contributed by atoms with Crippen LogP contribution in [-0.2, 0) is 6.54 Å². The van der Waals surface area contributed by atoms with E-state index in [4.69, 9.17) is 16.9 Å². The quantitative estimate of drug-likeness (QED) is 0.842. The summed E-state index contributed by atoms with van der Waals surface area (Å²) in [5.74, 6) is 0. The van der Waals surface area contributed by atoms with E-state index in [-0.39, 0.29) is 12.1 Å². The van der Waals surface area contributed by atoms with Gasteiger partial charge in [-0.1, -0.05) is 35.9 Å². The van der Waals surface area contributed by atoms with E-state index in [9.17, 15) is 4.79 Å². The Kier molecular flexibility index (Phi) is 6.91. The van der Waals surface area contributed by atoms with Gasteiger partial charge in [0.25, 0.3) is 0 Å². The topological polar surface area (TPSA) is 59.4 Å². The Morgan fingerprint density at radius 3 is 2.50 bits per heavy atom. The molecule has 1 saturated heterocycles. The van der Waals surface area contributed by atoms with Crippen LogP contribution in [0.1, 0.15) is 36.1 Å². The lowest BCUT2D eigenvalue weighted by Gasteiger charge is -2.24. The number of carbonyl (C=O) groups is 1. The second-order valence-corrected chi connectivity index (χ2v) is 7.58. The SMILES string of the molecule is CC(NC(=O)N1CCCN(Cc2ccc(C#N)cc2)CC1)c1ccc(Cl)cc1. The van der Waals surface area contributed by atoms with Crippen molar-refractivity contribution in [2.24, 2.45) is 0 Å². The first kappa shape index (κ1) is 20.2. The zero-order valence-corrected chi connectivity index (χ0v) is 16.8. The van der Waals surface area contributed by atoms with Crippen LogP contribution in [0.4, 0.5) is 4.79 Å². The Balaban J connectivity index is 1.51. The first-order chi connectivity index (χ1) is 13.5. The van der Waals surface area contributed by atoms with Crippen molar-refractivity contribution in [3.05, 3.63) is 70.2 Å². The molecule has 6 heteroatoms. The number of carbonyl (C=O) groups excluding carboxylic acids is 1. The van der Waals surface area contributed by atoms with Crippen LogP contribution in [0.5, 0.6) is 0 Å². The van der Waals surface area contributed by atoms with Crippen LogP contribution >= 0.6 is 11.6 Å². The summed E-state index contributed by atoms with van der Waals surface area (Å²) in [7, 11) is 0. The maximum absolute atomic E-state index is 12.7. The van der Waals surface area contributed by atoms with Crippen molar-refractivity contribution in [1.29, 1.82) is 5.26 Å². The smallest absolute Gasteiger partial charge is 0.317 e. The van der Waals surface area contributed by atoms with E-state index in [0.29, 0.717) is 17.1 Å². The number of halogens is 1.